The van der Waals surface area contributed by atoms with Gasteiger partial charge < -0.3 is 22.5 Å². The number of anilines is 1. The number of hydrogen-bond donors (Lipinski definition) is 4. The van der Waals surface area contributed by atoms with Gasteiger partial charge in [0.1, 0.15) is 0 Å². The van der Waals surface area contributed by atoms with E-state index in [0.717, 1.165) is 0 Å². The zero-order chi connectivity index (χ0) is 14.6. The molecule has 7 nitrogen and oxygen atoms in total. The summed E-state index contributed by atoms with van der Waals surface area (Å²) < 4.78 is 0. The highest BCUT2D eigenvalue weighted by Crippen LogP contribution is 2.15. The molecule has 0 spiro atoms. The van der Waals surface area contributed by atoms with Gasteiger partial charge in [0, 0.05) is 16.8 Å². The van der Waals surface area contributed by atoms with E-state index in [1.807, 2.05) is 0 Å². The summed E-state index contributed by atoms with van der Waals surface area (Å²) in [6.07, 6.45) is 0.462. The topological polar surface area (TPSA) is 141 Å². The second kappa shape index (κ2) is 5.96. The maximum Gasteiger partial charge on any atom is 0.248 e. The van der Waals surface area contributed by atoms with Crippen LogP contribution in [0.5, 0.6) is 0 Å². The van der Waals surface area contributed by atoms with Crippen LogP contribution in [0.25, 0.3) is 0 Å². The third kappa shape index (κ3) is 3.78. The molecule has 102 valence electrons. The molecule has 0 heterocycles. The van der Waals surface area contributed by atoms with Crippen molar-refractivity contribution >= 4 is 23.4 Å². The third-order valence-electron chi connectivity index (χ3n) is 2.55. The number of benzene rings is 1. The minimum absolute atomic E-state index is 0.0802. The average molecular weight is 264 g/mol. The second-order valence-electron chi connectivity index (χ2n) is 4.03. The van der Waals surface area contributed by atoms with Crippen LogP contribution < -0.4 is 22.5 Å². The molecule has 0 bridgehead atoms. The number of nitrogens with two attached hydrogens (primary N) is 3. The van der Waals surface area contributed by atoms with Gasteiger partial charge in [0.15, 0.2) is 0 Å². The van der Waals surface area contributed by atoms with Crippen LogP contribution in [-0.2, 0) is 4.79 Å². The Morgan fingerprint density at radius 1 is 1.11 bits per heavy atom. The summed E-state index contributed by atoms with van der Waals surface area (Å²) in [6.45, 7) is 1.76. The van der Waals surface area contributed by atoms with Crippen LogP contribution in [0.15, 0.2) is 18.2 Å². The Hall–Kier alpha value is -2.41. The lowest BCUT2D eigenvalue weighted by Gasteiger charge is -2.11. The monoisotopic (exact) mass is 264 g/mol. The predicted octanol–water partition coefficient (Wildman–Crippen LogP) is -0.440. The molecule has 0 aliphatic heterocycles. The summed E-state index contributed by atoms with van der Waals surface area (Å²) in [6, 6.07) is 3.30. The Morgan fingerprint density at radius 2 is 1.58 bits per heavy atom. The van der Waals surface area contributed by atoms with E-state index in [0.29, 0.717) is 6.42 Å². The number of amides is 3. The van der Waals surface area contributed by atoms with E-state index in [4.69, 9.17) is 17.2 Å². The number of rotatable bonds is 5. The van der Waals surface area contributed by atoms with Gasteiger partial charge in [0.2, 0.25) is 17.7 Å². The third-order valence-corrected chi connectivity index (χ3v) is 2.55. The molecule has 0 radical (unpaired) electrons. The molecule has 0 saturated carbocycles. The largest absolute Gasteiger partial charge is 0.366 e. The van der Waals surface area contributed by atoms with E-state index in [1.165, 1.54) is 18.2 Å². The Labute approximate surface area is 110 Å². The molecule has 19 heavy (non-hydrogen) atoms. The molecule has 0 aliphatic carbocycles. The summed E-state index contributed by atoms with van der Waals surface area (Å²) in [5.74, 6) is -1.86. The summed E-state index contributed by atoms with van der Waals surface area (Å²) in [4.78, 5) is 33.9. The quantitative estimate of drug-likeness (QED) is 0.572. The molecule has 1 atom stereocenters. The first-order chi connectivity index (χ1) is 8.85. The number of hydrogen-bond acceptors (Lipinski definition) is 4. The lowest BCUT2D eigenvalue weighted by atomic mass is 10.1. The van der Waals surface area contributed by atoms with Crippen LogP contribution in [0.4, 0.5) is 5.69 Å². The first kappa shape index (κ1) is 14.7. The predicted molar refractivity (Wildman–Crippen MR) is 70.4 cm³/mol. The molecule has 0 fully saturated rings. The van der Waals surface area contributed by atoms with Gasteiger partial charge in [-0.05, 0) is 24.6 Å². The molecule has 7 heteroatoms. The molecule has 3 amide bonds. The van der Waals surface area contributed by atoms with Crippen LogP contribution in [0.2, 0.25) is 0 Å². The normalized spacial score (nSPS) is 11.7. The lowest BCUT2D eigenvalue weighted by molar-refractivity contribution is -0.117. The van der Waals surface area contributed by atoms with Gasteiger partial charge in [-0.25, -0.2) is 0 Å². The van der Waals surface area contributed by atoms with Crippen molar-refractivity contribution in [1.29, 1.82) is 0 Å². The fraction of sp³-hybridized carbons (Fsp3) is 0.250. The number of carbonyl (C=O) groups is 3. The van der Waals surface area contributed by atoms with Crippen molar-refractivity contribution < 1.29 is 14.4 Å². The molecular formula is C12H16N4O3. The first-order valence-corrected chi connectivity index (χ1v) is 5.66. The average Bonchev–Trinajstić information content (AvgIpc) is 2.37. The van der Waals surface area contributed by atoms with Gasteiger partial charge >= 0.3 is 0 Å². The first-order valence-electron chi connectivity index (χ1n) is 5.66. The highest BCUT2D eigenvalue weighted by atomic mass is 16.2. The van der Waals surface area contributed by atoms with Crippen LogP contribution >= 0.6 is 0 Å². The number of primary amides is 2. The van der Waals surface area contributed by atoms with Crippen LogP contribution in [-0.4, -0.2) is 23.8 Å². The summed E-state index contributed by atoms with van der Waals surface area (Å²) in [5.41, 5.74) is 16.3. The second-order valence-corrected chi connectivity index (χ2v) is 4.03. The Morgan fingerprint density at radius 3 is 1.95 bits per heavy atom. The number of carbonyl (C=O) groups excluding carboxylic acids is 3. The maximum atomic E-state index is 11.6. The Bertz CT molecular complexity index is 495. The van der Waals surface area contributed by atoms with Gasteiger partial charge in [-0.1, -0.05) is 6.92 Å². The highest BCUT2D eigenvalue weighted by molar-refractivity contribution is 6.02. The summed E-state index contributed by atoms with van der Waals surface area (Å²) >= 11 is 0. The van der Waals surface area contributed by atoms with Crippen molar-refractivity contribution in [1.82, 2.24) is 0 Å². The van der Waals surface area contributed by atoms with Gasteiger partial charge in [0.25, 0.3) is 0 Å². The van der Waals surface area contributed by atoms with Crippen molar-refractivity contribution in [3.63, 3.8) is 0 Å². The molecule has 0 aromatic heterocycles. The minimum Gasteiger partial charge on any atom is -0.366 e. The van der Waals surface area contributed by atoms with Crippen LogP contribution in [0, 0.1) is 0 Å². The SMILES string of the molecule is CC[C@@H](N)C(=O)Nc1cc(C(N)=O)cc(C(N)=O)c1. The van der Waals surface area contributed by atoms with E-state index < -0.39 is 23.8 Å². The minimum atomic E-state index is -0.724. The summed E-state index contributed by atoms with van der Waals surface area (Å²) in [5, 5.41) is 2.50. The van der Waals surface area contributed by atoms with Gasteiger partial charge in [-0.3, -0.25) is 14.4 Å². The molecule has 0 aliphatic rings. The zero-order valence-electron chi connectivity index (χ0n) is 10.5. The van der Waals surface area contributed by atoms with E-state index in [-0.39, 0.29) is 16.8 Å². The fourth-order valence-corrected chi connectivity index (χ4v) is 1.40. The summed E-state index contributed by atoms with van der Waals surface area (Å²) in [7, 11) is 0. The lowest BCUT2D eigenvalue weighted by Crippen LogP contribution is -2.35. The van der Waals surface area contributed by atoms with E-state index in [9.17, 15) is 14.4 Å². The molecule has 1 aromatic rings. The zero-order valence-corrected chi connectivity index (χ0v) is 10.5. The van der Waals surface area contributed by atoms with Crippen molar-refractivity contribution in [3.8, 4) is 0 Å². The molecule has 1 rings (SSSR count). The van der Waals surface area contributed by atoms with Crippen LogP contribution in [0.3, 0.4) is 0 Å². The smallest absolute Gasteiger partial charge is 0.248 e. The maximum absolute atomic E-state index is 11.6. The van der Waals surface area contributed by atoms with E-state index >= 15 is 0 Å². The van der Waals surface area contributed by atoms with E-state index in [2.05, 4.69) is 5.32 Å². The Balaban J connectivity index is 3.10. The fourth-order valence-electron chi connectivity index (χ4n) is 1.40. The number of nitrogens with one attached hydrogen (secondary N) is 1. The Kier molecular flexibility index (Phi) is 4.60. The van der Waals surface area contributed by atoms with Crippen molar-refractivity contribution in [2.45, 2.75) is 19.4 Å². The van der Waals surface area contributed by atoms with Gasteiger partial charge in [-0.15, -0.1) is 0 Å². The highest BCUT2D eigenvalue weighted by Gasteiger charge is 2.14. The molecule has 0 saturated heterocycles. The molecule has 1 aromatic carbocycles. The molecular weight excluding hydrogens is 248 g/mol. The van der Waals surface area contributed by atoms with Crippen molar-refractivity contribution in [3.05, 3.63) is 29.3 Å². The molecule has 7 N–H and O–H groups in total. The van der Waals surface area contributed by atoms with E-state index in [1.54, 1.807) is 6.92 Å². The standard InChI is InChI=1S/C12H16N4O3/c1-2-9(13)12(19)16-8-4-6(10(14)17)3-7(5-8)11(15)18/h3-5,9H,2,13H2,1H3,(H2,14,17)(H2,15,18)(H,16,19)/t9-/m1/s1. The van der Waals surface area contributed by atoms with Gasteiger partial charge in [-0.2, -0.15) is 0 Å². The van der Waals surface area contributed by atoms with Crippen molar-refractivity contribution in [2.75, 3.05) is 5.32 Å². The van der Waals surface area contributed by atoms with Gasteiger partial charge in [0.05, 0.1) is 6.04 Å². The van der Waals surface area contributed by atoms with Crippen LogP contribution in [0.1, 0.15) is 34.1 Å². The molecule has 0 unspecified atom stereocenters. The van der Waals surface area contributed by atoms with Crippen molar-refractivity contribution in [2.24, 2.45) is 17.2 Å².